The molecule has 0 amide bonds. The average molecular weight is 492 g/mol. The summed E-state index contributed by atoms with van der Waals surface area (Å²) in [5, 5.41) is 12.0. The Balaban J connectivity index is 1.65. The van der Waals surface area contributed by atoms with Crippen molar-refractivity contribution < 1.29 is 14.5 Å². The Kier molecular flexibility index (Phi) is 5.98. The van der Waals surface area contributed by atoms with E-state index in [0.717, 1.165) is 32.1 Å². The number of carbonyl (C=O) groups excluding carboxylic acids is 1. The molecule has 35 heavy (non-hydrogen) atoms. The molecule has 1 aromatic carbocycles. The number of ketones is 1. The number of nitrogens with zero attached hydrogens (tertiary/aromatic N) is 1. The Morgan fingerprint density at radius 2 is 1.80 bits per heavy atom. The third kappa shape index (κ3) is 4.16. The van der Waals surface area contributed by atoms with Crippen LogP contribution in [0.4, 0.5) is 5.69 Å². The first kappa shape index (κ1) is 24.6. The number of carbonyl (C=O) groups is 1. The van der Waals surface area contributed by atoms with Crippen LogP contribution in [0.2, 0.25) is 0 Å². The lowest BCUT2D eigenvalue weighted by Gasteiger charge is -2.53. The normalized spacial score (nSPS) is 34.3. The van der Waals surface area contributed by atoms with Crippen molar-refractivity contribution in [3.63, 3.8) is 0 Å². The van der Waals surface area contributed by atoms with E-state index in [1.807, 2.05) is 6.08 Å². The number of benzene rings is 1. The fourth-order valence-electron chi connectivity index (χ4n) is 7.40. The quantitative estimate of drug-likeness (QED) is 0.409. The van der Waals surface area contributed by atoms with Crippen LogP contribution in [0, 0.1) is 28.8 Å². The van der Waals surface area contributed by atoms with Gasteiger partial charge >= 0.3 is 0 Å². The number of fused-ring (bicyclic) bond motifs is 4. The van der Waals surface area contributed by atoms with Gasteiger partial charge in [-0.3, -0.25) is 4.79 Å². The third-order valence-corrected chi connectivity index (χ3v) is 9.88. The van der Waals surface area contributed by atoms with Crippen molar-refractivity contribution >= 4 is 18.6 Å². The Bertz CT molecular complexity index is 1220. The number of hydrogen-bond donors (Lipinski definition) is 1. The van der Waals surface area contributed by atoms with Gasteiger partial charge in [0.05, 0.1) is 0 Å². The van der Waals surface area contributed by atoms with Gasteiger partial charge in [-0.05, 0) is 104 Å². The molecule has 4 aliphatic rings. The number of anilines is 1. The predicted octanol–water partition coefficient (Wildman–Crippen LogP) is 5.97. The molecule has 1 aromatic rings. The van der Waals surface area contributed by atoms with Gasteiger partial charge in [0.25, 0.3) is 0 Å². The minimum absolute atomic E-state index is 0.186. The molecule has 0 aromatic heterocycles. The Morgan fingerprint density at radius 3 is 2.46 bits per heavy atom. The van der Waals surface area contributed by atoms with Gasteiger partial charge in [0.1, 0.15) is 12.7 Å². The van der Waals surface area contributed by atoms with E-state index in [2.05, 4.69) is 61.8 Å². The average Bonchev–Trinajstić information content (AvgIpc) is 3.07. The smallest absolute Gasteiger partial charge is 0.156 e. The van der Waals surface area contributed by atoms with E-state index in [-0.39, 0.29) is 17.1 Å². The zero-order valence-electron chi connectivity index (χ0n) is 21.7. The van der Waals surface area contributed by atoms with Gasteiger partial charge in [-0.1, -0.05) is 30.6 Å². The van der Waals surface area contributed by atoms with Gasteiger partial charge in [-0.15, -0.1) is 0 Å². The minimum atomic E-state index is -2.55. The summed E-state index contributed by atoms with van der Waals surface area (Å²) in [4.78, 5) is 14.3. The highest BCUT2D eigenvalue weighted by Gasteiger charge is 2.62. The number of aliphatic hydroxyl groups is 1. The molecule has 2 saturated carbocycles. The minimum Gasteiger partial charge on any atom is -0.378 e. The van der Waals surface area contributed by atoms with E-state index in [9.17, 15) is 14.5 Å². The second-order valence-electron chi connectivity index (χ2n) is 12.0. The van der Waals surface area contributed by atoms with Gasteiger partial charge in [0.2, 0.25) is 0 Å². The van der Waals surface area contributed by atoms with Crippen molar-refractivity contribution in [3.05, 3.63) is 52.6 Å². The van der Waals surface area contributed by atoms with Crippen molar-refractivity contribution in [2.24, 2.45) is 17.3 Å². The molecule has 0 radical (unpaired) electrons. The number of hydrogen-bond acceptors (Lipinski definition) is 4. The van der Waals surface area contributed by atoms with Gasteiger partial charge in [0.15, 0.2) is 5.78 Å². The van der Waals surface area contributed by atoms with Crippen molar-refractivity contribution in [3.8, 4) is 11.6 Å². The summed E-state index contributed by atoms with van der Waals surface area (Å²) in [7, 11) is 1.55. The van der Waals surface area contributed by atoms with Crippen LogP contribution in [0.3, 0.4) is 0 Å². The molecule has 0 saturated heterocycles. The Morgan fingerprint density at radius 1 is 1.09 bits per heavy atom. The summed E-state index contributed by atoms with van der Waals surface area (Å²) < 4.78 is 12.4. The maximum absolute atomic E-state index is 12.4. The molecule has 0 aliphatic heterocycles. The molecule has 5 heteroatoms. The summed E-state index contributed by atoms with van der Waals surface area (Å²) in [6.45, 7) is 5.58. The fraction of sp³-hybridized carbons (Fsp3) is 0.567. The predicted molar refractivity (Wildman–Crippen MR) is 143 cm³/mol. The van der Waals surface area contributed by atoms with E-state index in [4.69, 9.17) is 0 Å². The summed E-state index contributed by atoms with van der Waals surface area (Å²) in [6.07, 6.45) is 7.69. The van der Waals surface area contributed by atoms with E-state index in [0.29, 0.717) is 24.7 Å². The highest BCUT2D eigenvalue weighted by Crippen LogP contribution is 2.66. The van der Waals surface area contributed by atoms with Crippen LogP contribution in [0.5, 0.6) is 0 Å². The number of allylic oxidation sites excluding steroid dienone is 4. The van der Waals surface area contributed by atoms with E-state index in [1.54, 1.807) is 13.3 Å². The third-order valence-electron chi connectivity index (χ3n) is 9.23. The van der Waals surface area contributed by atoms with Crippen molar-refractivity contribution in [1.29, 1.82) is 0 Å². The summed E-state index contributed by atoms with van der Waals surface area (Å²) >= 11 is 0. The lowest BCUT2D eigenvalue weighted by atomic mass is 9.51. The molecular weight excluding hydrogens is 453 g/mol. The topological polar surface area (TPSA) is 57.6 Å². The monoisotopic (exact) mass is 491 g/mol. The first-order valence-electron chi connectivity index (χ1n) is 13.0. The van der Waals surface area contributed by atoms with Crippen LogP contribution in [0.25, 0.3) is 0 Å². The van der Waals surface area contributed by atoms with Gasteiger partial charge < -0.3 is 14.6 Å². The van der Waals surface area contributed by atoms with Crippen LogP contribution in [0.1, 0.15) is 63.4 Å². The van der Waals surface area contributed by atoms with Crippen LogP contribution < -0.4 is 4.90 Å². The molecular formula is C30H38NO3P. The molecule has 1 N–H and O–H groups in total. The molecule has 0 bridgehead atoms. The van der Waals surface area contributed by atoms with E-state index < -0.39 is 12.7 Å². The molecule has 186 valence electrons. The molecule has 0 spiro atoms. The lowest BCUT2D eigenvalue weighted by molar-refractivity contribution is -0.114. The van der Waals surface area contributed by atoms with Crippen LogP contribution in [-0.4, -0.2) is 43.9 Å². The molecule has 0 unspecified atom stereocenters. The second kappa shape index (κ2) is 8.50. The zero-order chi connectivity index (χ0) is 25.2. The Labute approximate surface area is 210 Å². The first-order valence-corrected chi connectivity index (χ1v) is 15.6. The molecule has 5 atom stereocenters. The Hall–Kier alpha value is -2.08. The maximum atomic E-state index is 12.4. The van der Waals surface area contributed by atoms with Gasteiger partial charge in [-0.25, -0.2) is 0 Å². The first-order chi connectivity index (χ1) is 16.4. The standard InChI is InChI=1S/C30H38NO3P/c1-29-19-26(20-6-9-22(10-7-20)31(2)3)28-24-13-11-23(32)18-21(24)8-12-25(28)27(29)14-15-30(29,33)16-17-35(4,5)34/h6-7,9-10,18,25-27,33H,8,11-15,19H2,1-5H3/t25-,26+,27-,29-,30+/m0/s1. The van der Waals surface area contributed by atoms with Crippen LogP contribution in [-0.2, 0) is 9.36 Å². The van der Waals surface area contributed by atoms with Crippen LogP contribution >= 0.6 is 7.14 Å². The van der Waals surface area contributed by atoms with Crippen LogP contribution in [0.15, 0.2) is 47.1 Å². The molecule has 2 fully saturated rings. The zero-order valence-corrected chi connectivity index (χ0v) is 22.6. The largest absolute Gasteiger partial charge is 0.378 e. The highest BCUT2D eigenvalue weighted by atomic mass is 31.2. The highest BCUT2D eigenvalue weighted by molar-refractivity contribution is 7.67. The summed E-state index contributed by atoms with van der Waals surface area (Å²) in [5.41, 5.74) is 8.07. The van der Waals surface area contributed by atoms with Crippen molar-refractivity contribution in [1.82, 2.24) is 0 Å². The van der Waals surface area contributed by atoms with Crippen molar-refractivity contribution in [2.45, 2.75) is 63.4 Å². The number of rotatable bonds is 2. The lowest BCUT2D eigenvalue weighted by Crippen LogP contribution is -2.51. The van der Waals surface area contributed by atoms with Gasteiger partial charge in [0, 0.05) is 37.5 Å². The molecule has 5 rings (SSSR count). The van der Waals surface area contributed by atoms with Gasteiger partial charge in [-0.2, -0.15) is 0 Å². The summed E-state index contributed by atoms with van der Waals surface area (Å²) in [6, 6.07) is 8.84. The van der Waals surface area contributed by atoms with E-state index >= 15 is 0 Å². The second-order valence-corrected chi connectivity index (χ2v) is 14.9. The summed E-state index contributed by atoms with van der Waals surface area (Å²) in [5.74, 6) is 4.32. The van der Waals surface area contributed by atoms with E-state index in [1.165, 1.54) is 28.0 Å². The SMILES string of the molecule is CN(C)c1ccc([C@H]2C[C@@]3(C)[C@@H](CC[C@@]3(O)C#CP(C)(C)=O)[C@@H]3CCC4=CC(=O)CCC4=C32)cc1. The molecule has 4 nitrogen and oxygen atoms in total. The fourth-order valence-corrected chi connectivity index (χ4v) is 7.86. The molecule has 0 heterocycles. The van der Waals surface area contributed by atoms with Crippen molar-refractivity contribution in [2.75, 3.05) is 32.3 Å². The molecule has 4 aliphatic carbocycles. The maximum Gasteiger partial charge on any atom is 0.156 e.